The molecule has 0 fully saturated rings. The molecule has 0 aromatic heterocycles. The maximum Gasteiger partial charge on any atom is 0.0208 e. The van der Waals surface area contributed by atoms with Crippen LogP contribution >= 0.6 is 0 Å². The molecular weight excluding hydrogens is 220 g/mol. The Labute approximate surface area is 112 Å². The third-order valence-corrected chi connectivity index (χ3v) is 3.06. The molecule has 102 valence electrons. The maximum atomic E-state index is 3.68. The highest BCUT2D eigenvalue weighted by atomic mass is 15.1. The van der Waals surface area contributed by atoms with Crippen LogP contribution in [-0.4, -0.2) is 31.6 Å². The molecule has 0 heterocycles. The first-order valence-electron chi connectivity index (χ1n) is 6.91. The van der Waals surface area contributed by atoms with Gasteiger partial charge in [0.15, 0.2) is 0 Å². The third-order valence-electron chi connectivity index (χ3n) is 3.06. The van der Waals surface area contributed by atoms with Gasteiger partial charge in [0.1, 0.15) is 0 Å². The van der Waals surface area contributed by atoms with Crippen molar-refractivity contribution in [1.29, 1.82) is 0 Å². The summed E-state index contributed by atoms with van der Waals surface area (Å²) in [6.07, 6.45) is 1.23. The Balaban J connectivity index is 2.47. The van der Waals surface area contributed by atoms with Gasteiger partial charge in [0, 0.05) is 19.1 Å². The van der Waals surface area contributed by atoms with Gasteiger partial charge < -0.3 is 10.2 Å². The number of likely N-dealkylation sites (N-methyl/N-ethyl adjacent to an activating group) is 1. The van der Waals surface area contributed by atoms with Crippen molar-refractivity contribution >= 4 is 0 Å². The predicted octanol–water partition coefficient (Wildman–Crippen LogP) is 3.06. The summed E-state index contributed by atoms with van der Waals surface area (Å²) in [5.74, 6) is 0.737. The fourth-order valence-corrected chi connectivity index (χ4v) is 2.20. The number of nitrogens with one attached hydrogen (secondary N) is 1. The van der Waals surface area contributed by atoms with Crippen molar-refractivity contribution in [1.82, 2.24) is 10.2 Å². The van der Waals surface area contributed by atoms with Crippen molar-refractivity contribution in [3.8, 4) is 0 Å². The summed E-state index contributed by atoms with van der Waals surface area (Å²) in [7, 11) is 4.28. The van der Waals surface area contributed by atoms with Crippen molar-refractivity contribution < 1.29 is 0 Å². The molecule has 18 heavy (non-hydrogen) atoms. The summed E-state index contributed by atoms with van der Waals surface area (Å²) < 4.78 is 0. The number of aryl methyl sites for hydroxylation is 1. The van der Waals surface area contributed by atoms with E-state index in [0.29, 0.717) is 6.04 Å². The summed E-state index contributed by atoms with van der Waals surface area (Å²) in [4.78, 5) is 2.26. The molecular formula is C16H28N2. The average molecular weight is 248 g/mol. The number of benzene rings is 1. The fourth-order valence-electron chi connectivity index (χ4n) is 2.20. The fraction of sp³-hybridized carbons (Fsp3) is 0.625. The van der Waals surface area contributed by atoms with Crippen molar-refractivity contribution in [3.05, 3.63) is 35.4 Å². The van der Waals surface area contributed by atoms with Gasteiger partial charge in [-0.2, -0.15) is 0 Å². The van der Waals surface area contributed by atoms with E-state index in [0.717, 1.165) is 19.0 Å². The summed E-state index contributed by atoms with van der Waals surface area (Å²) in [5, 5.41) is 3.68. The highest BCUT2D eigenvalue weighted by molar-refractivity contribution is 5.21. The summed E-state index contributed by atoms with van der Waals surface area (Å²) >= 11 is 0. The molecule has 1 aromatic rings. The Morgan fingerprint density at radius 2 is 1.72 bits per heavy atom. The lowest BCUT2D eigenvalue weighted by molar-refractivity contribution is 0.305. The molecule has 0 bridgehead atoms. The number of nitrogens with zero attached hydrogens (tertiary/aromatic N) is 1. The van der Waals surface area contributed by atoms with Gasteiger partial charge in [-0.15, -0.1) is 0 Å². The molecule has 0 aliphatic rings. The molecule has 0 saturated carbocycles. The van der Waals surface area contributed by atoms with Gasteiger partial charge in [0.2, 0.25) is 0 Å². The Bertz CT molecular complexity index is 317. The van der Waals surface area contributed by atoms with Crippen LogP contribution in [0.5, 0.6) is 0 Å². The Kier molecular flexibility index (Phi) is 6.37. The SMILES string of the molecule is Cc1ccc(CNC(CC(C)C)CN(C)C)cc1. The molecule has 1 N–H and O–H groups in total. The lowest BCUT2D eigenvalue weighted by Crippen LogP contribution is -2.38. The molecule has 0 radical (unpaired) electrons. The summed E-state index contributed by atoms with van der Waals surface area (Å²) in [6.45, 7) is 8.77. The number of rotatable bonds is 7. The van der Waals surface area contributed by atoms with Crippen LogP contribution in [0.3, 0.4) is 0 Å². The normalized spacial score (nSPS) is 13.3. The minimum Gasteiger partial charge on any atom is -0.309 e. The second kappa shape index (κ2) is 7.55. The highest BCUT2D eigenvalue weighted by Gasteiger charge is 2.11. The van der Waals surface area contributed by atoms with Crippen LogP contribution in [-0.2, 0) is 6.54 Å². The van der Waals surface area contributed by atoms with Crippen molar-refractivity contribution in [2.24, 2.45) is 5.92 Å². The lowest BCUT2D eigenvalue weighted by Gasteiger charge is -2.24. The van der Waals surface area contributed by atoms with Crippen LogP contribution in [0.2, 0.25) is 0 Å². The Morgan fingerprint density at radius 1 is 1.11 bits per heavy atom. The van der Waals surface area contributed by atoms with E-state index in [9.17, 15) is 0 Å². The van der Waals surface area contributed by atoms with Gasteiger partial charge in [0.05, 0.1) is 0 Å². The first kappa shape index (κ1) is 15.2. The Morgan fingerprint density at radius 3 is 2.22 bits per heavy atom. The number of hydrogen-bond donors (Lipinski definition) is 1. The molecule has 1 aromatic carbocycles. The predicted molar refractivity (Wildman–Crippen MR) is 79.8 cm³/mol. The van der Waals surface area contributed by atoms with Crippen LogP contribution < -0.4 is 5.32 Å². The number of hydrogen-bond acceptors (Lipinski definition) is 2. The van der Waals surface area contributed by atoms with Gasteiger partial charge in [-0.25, -0.2) is 0 Å². The minimum absolute atomic E-state index is 0.571. The lowest BCUT2D eigenvalue weighted by atomic mass is 10.0. The van der Waals surface area contributed by atoms with E-state index in [2.05, 4.69) is 69.3 Å². The molecule has 0 spiro atoms. The van der Waals surface area contributed by atoms with Crippen molar-refractivity contribution in [3.63, 3.8) is 0 Å². The zero-order valence-corrected chi connectivity index (χ0v) is 12.5. The van der Waals surface area contributed by atoms with Gasteiger partial charge in [-0.05, 0) is 38.9 Å². The van der Waals surface area contributed by atoms with E-state index in [1.165, 1.54) is 17.5 Å². The quantitative estimate of drug-likeness (QED) is 0.798. The third kappa shape index (κ3) is 6.18. The van der Waals surface area contributed by atoms with Crippen molar-refractivity contribution in [2.45, 2.75) is 39.8 Å². The maximum absolute atomic E-state index is 3.68. The molecule has 1 atom stereocenters. The van der Waals surface area contributed by atoms with Gasteiger partial charge in [0.25, 0.3) is 0 Å². The van der Waals surface area contributed by atoms with Crippen LogP contribution in [0.15, 0.2) is 24.3 Å². The minimum atomic E-state index is 0.571. The zero-order chi connectivity index (χ0) is 13.5. The average Bonchev–Trinajstić information content (AvgIpc) is 2.26. The molecule has 2 heteroatoms. The van der Waals surface area contributed by atoms with Crippen molar-refractivity contribution in [2.75, 3.05) is 20.6 Å². The molecule has 1 unspecified atom stereocenters. The monoisotopic (exact) mass is 248 g/mol. The highest BCUT2D eigenvalue weighted by Crippen LogP contribution is 2.08. The molecule has 0 aliphatic heterocycles. The standard InChI is InChI=1S/C16H28N2/c1-13(2)10-16(12-18(4)5)17-11-15-8-6-14(3)7-9-15/h6-9,13,16-17H,10-12H2,1-5H3. The summed E-state index contributed by atoms with van der Waals surface area (Å²) in [6, 6.07) is 9.36. The van der Waals surface area contributed by atoms with E-state index in [4.69, 9.17) is 0 Å². The van der Waals surface area contributed by atoms with E-state index in [1.54, 1.807) is 0 Å². The van der Waals surface area contributed by atoms with Crippen LogP contribution in [0, 0.1) is 12.8 Å². The molecule has 1 rings (SSSR count). The molecule has 2 nitrogen and oxygen atoms in total. The topological polar surface area (TPSA) is 15.3 Å². The molecule has 0 amide bonds. The smallest absolute Gasteiger partial charge is 0.0208 e. The van der Waals surface area contributed by atoms with Gasteiger partial charge in [-0.1, -0.05) is 43.7 Å². The Hall–Kier alpha value is -0.860. The largest absolute Gasteiger partial charge is 0.309 e. The zero-order valence-electron chi connectivity index (χ0n) is 12.5. The first-order chi connectivity index (χ1) is 8.47. The van der Waals surface area contributed by atoms with E-state index in [1.807, 2.05) is 0 Å². The van der Waals surface area contributed by atoms with Crippen LogP contribution in [0.1, 0.15) is 31.4 Å². The van der Waals surface area contributed by atoms with Crippen LogP contribution in [0.4, 0.5) is 0 Å². The second-order valence-corrected chi connectivity index (χ2v) is 5.96. The summed E-state index contributed by atoms with van der Waals surface area (Å²) in [5.41, 5.74) is 2.69. The molecule has 0 aliphatic carbocycles. The van der Waals surface area contributed by atoms with Crippen LogP contribution in [0.25, 0.3) is 0 Å². The van der Waals surface area contributed by atoms with E-state index >= 15 is 0 Å². The van der Waals surface area contributed by atoms with E-state index in [-0.39, 0.29) is 0 Å². The van der Waals surface area contributed by atoms with Gasteiger partial charge >= 0.3 is 0 Å². The van der Waals surface area contributed by atoms with E-state index < -0.39 is 0 Å². The molecule has 0 saturated heterocycles. The first-order valence-corrected chi connectivity index (χ1v) is 6.91. The van der Waals surface area contributed by atoms with Gasteiger partial charge in [-0.3, -0.25) is 0 Å². The second-order valence-electron chi connectivity index (χ2n) is 5.96.